The van der Waals surface area contributed by atoms with Crippen molar-refractivity contribution in [3.63, 3.8) is 0 Å². The third kappa shape index (κ3) is 1.72. The fourth-order valence-corrected chi connectivity index (χ4v) is 1.13. The van der Waals surface area contributed by atoms with E-state index < -0.39 is 0 Å². The van der Waals surface area contributed by atoms with E-state index in [0.717, 1.165) is 6.32 Å². The molecule has 3 heteroatoms. The second kappa shape index (κ2) is 2.79. The van der Waals surface area contributed by atoms with Crippen molar-refractivity contribution >= 4 is 28.5 Å². The Balaban J connectivity index is 2.19. The van der Waals surface area contributed by atoms with E-state index in [-0.39, 0.29) is 5.54 Å². The second-order valence-corrected chi connectivity index (χ2v) is 3.27. The van der Waals surface area contributed by atoms with Crippen LogP contribution in [0.5, 0.6) is 0 Å². The molecule has 44 valence electrons. The summed E-state index contributed by atoms with van der Waals surface area (Å²) in [6, 6.07) is 0. The molecule has 0 atom stereocenters. The highest BCUT2D eigenvalue weighted by Crippen LogP contribution is 2.24. The SMILES string of the molecule is ClB(Cl)CC1=CCC1. The molecule has 1 aliphatic carbocycles. The van der Waals surface area contributed by atoms with Gasteiger partial charge in [0.1, 0.15) is 0 Å². The number of hydrogen-bond donors (Lipinski definition) is 0. The van der Waals surface area contributed by atoms with Crippen molar-refractivity contribution in [2.24, 2.45) is 0 Å². The lowest BCUT2D eigenvalue weighted by Crippen LogP contribution is -2.00. The van der Waals surface area contributed by atoms with Crippen LogP contribution < -0.4 is 0 Å². The first-order valence-corrected chi connectivity index (χ1v) is 3.62. The number of halogens is 2. The van der Waals surface area contributed by atoms with E-state index in [1.165, 1.54) is 18.4 Å². The standard InChI is InChI=1S/C5H7BCl2/c7-6(8)4-5-2-1-3-5/h2H,1,3-4H2. The van der Waals surface area contributed by atoms with Gasteiger partial charge in [0.05, 0.1) is 0 Å². The Morgan fingerprint density at radius 3 is 2.38 bits per heavy atom. The number of hydrogen-bond acceptors (Lipinski definition) is 0. The van der Waals surface area contributed by atoms with Gasteiger partial charge in [0.25, 0.3) is 0 Å². The lowest BCUT2D eigenvalue weighted by molar-refractivity contribution is 0.873. The summed E-state index contributed by atoms with van der Waals surface area (Å²) in [5.41, 5.74) is 1.22. The van der Waals surface area contributed by atoms with Gasteiger partial charge < -0.3 is 0 Å². The van der Waals surface area contributed by atoms with Crippen LogP contribution in [0.2, 0.25) is 6.32 Å². The zero-order chi connectivity index (χ0) is 5.98. The molecular formula is C5H7BCl2. The molecule has 0 bridgehead atoms. The zero-order valence-corrected chi connectivity index (χ0v) is 6.04. The average Bonchev–Trinajstić information content (AvgIpc) is 1.55. The largest absolute Gasteiger partial charge is 0.355 e. The van der Waals surface area contributed by atoms with Gasteiger partial charge in [0.2, 0.25) is 0 Å². The van der Waals surface area contributed by atoms with E-state index in [0.29, 0.717) is 0 Å². The highest BCUT2D eigenvalue weighted by molar-refractivity contribution is 7.34. The van der Waals surface area contributed by atoms with Crippen molar-refractivity contribution in [3.05, 3.63) is 11.6 Å². The van der Waals surface area contributed by atoms with Crippen LogP contribution in [-0.4, -0.2) is 5.54 Å². The Morgan fingerprint density at radius 2 is 2.25 bits per heavy atom. The van der Waals surface area contributed by atoms with Crippen molar-refractivity contribution < 1.29 is 0 Å². The minimum Gasteiger partial charge on any atom is -0.171 e. The molecule has 0 saturated heterocycles. The summed E-state index contributed by atoms with van der Waals surface area (Å²) in [6.45, 7) is 0. The van der Waals surface area contributed by atoms with Gasteiger partial charge in [0, 0.05) is 0 Å². The first-order valence-electron chi connectivity index (χ1n) is 2.75. The van der Waals surface area contributed by atoms with Crippen molar-refractivity contribution in [2.45, 2.75) is 19.2 Å². The Morgan fingerprint density at radius 1 is 1.62 bits per heavy atom. The minimum absolute atomic E-state index is 0.193. The van der Waals surface area contributed by atoms with Crippen LogP contribution in [0.3, 0.4) is 0 Å². The fraction of sp³-hybridized carbons (Fsp3) is 0.600. The van der Waals surface area contributed by atoms with Crippen LogP contribution in [0.15, 0.2) is 11.6 Å². The highest BCUT2D eigenvalue weighted by Gasteiger charge is 2.12. The quantitative estimate of drug-likeness (QED) is 0.418. The Kier molecular flexibility index (Phi) is 2.27. The summed E-state index contributed by atoms with van der Waals surface area (Å²) in [4.78, 5) is 0. The van der Waals surface area contributed by atoms with E-state index >= 15 is 0 Å². The van der Waals surface area contributed by atoms with Gasteiger partial charge in [-0.15, -0.1) is 0 Å². The molecule has 0 heterocycles. The van der Waals surface area contributed by atoms with Crippen LogP contribution in [0.1, 0.15) is 12.8 Å². The predicted octanol–water partition coefficient (Wildman–Crippen LogP) is 2.67. The third-order valence-electron chi connectivity index (χ3n) is 1.31. The second-order valence-electron chi connectivity index (χ2n) is 2.00. The lowest BCUT2D eigenvalue weighted by Gasteiger charge is -2.12. The maximum atomic E-state index is 5.51. The van der Waals surface area contributed by atoms with Gasteiger partial charge in [-0.1, -0.05) is 11.6 Å². The maximum absolute atomic E-state index is 5.51. The molecule has 0 radical (unpaired) electrons. The Bertz CT molecular complexity index is 109. The molecule has 0 unspecified atom stereocenters. The Labute approximate surface area is 59.8 Å². The van der Waals surface area contributed by atoms with E-state index in [4.69, 9.17) is 22.9 Å². The van der Waals surface area contributed by atoms with Gasteiger partial charge in [-0.3, -0.25) is 0 Å². The summed E-state index contributed by atoms with van der Waals surface area (Å²) < 4.78 is 0. The van der Waals surface area contributed by atoms with Gasteiger partial charge in [-0.2, -0.15) is 22.9 Å². The third-order valence-corrected chi connectivity index (χ3v) is 1.62. The van der Waals surface area contributed by atoms with Crippen LogP contribution in [0.25, 0.3) is 0 Å². The summed E-state index contributed by atoms with van der Waals surface area (Å²) in [5.74, 6) is 0. The molecule has 1 aliphatic rings. The molecule has 0 aromatic rings. The van der Waals surface area contributed by atoms with Gasteiger partial charge >= 0.3 is 5.54 Å². The van der Waals surface area contributed by atoms with Crippen LogP contribution in [0, 0.1) is 0 Å². The highest BCUT2D eigenvalue weighted by atomic mass is 35.5. The predicted molar refractivity (Wildman–Crippen MR) is 39.6 cm³/mol. The van der Waals surface area contributed by atoms with Crippen LogP contribution in [0.4, 0.5) is 0 Å². The summed E-state index contributed by atoms with van der Waals surface area (Å²) in [5, 5.41) is 0. The van der Waals surface area contributed by atoms with Gasteiger partial charge in [-0.25, -0.2) is 0 Å². The van der Waals surface area contributed by atoms with E-state index in [1.54, 1.807) is 0 Å². The van der Waals surface area contributed by atoms with E-state index in [1.807, 2.05) is 0 Å². The number of rotatable bonds is 2. The van der Waals surface area contributed by atoms with Crippen molar-refractivity contribution in [1.82, 2.24) is 0 Å². The molecule has 0 saturated carbocycles. The van der Waals surface area contributed by atoms with Gasteiger partial charge in [-0.05, 0) is 19.2 Å². The van der Waals surface area contributed by atoms with Gasteiger partial charge in [0.15, 0.2) is 0 Å². The first-order chi connectivity index (χ1) is 3.79. The van der Waals surface area contributed by atoms with E-state index in [2.05, 4.69) is 6.08 Å². The first kappa shape index (κ1) is 6.50. The average molecular weight is 149 g/mol. The molecular weight excluding hydrogens is 142 g/mol. The monoisotopic (exact) mass is 148 g/mol. The summed E-state index contributed by atoms with van der Waals surface area (Å²) >= 11 is 11.0. The van der Waals surface area contributed by atoms with E-state index in [9.17, 15) is 0 Å². The zero-order valence-electron chi connectivity index (χ0n) is 4.53. The van der Waals surface area contributed by atoms with Crippen molar-refractivity contribution in [1.29, 1.82) is 0 Å². The molecule has 0 aliphatic heterocycles. The maximum Gasteiger partial charge on any atom is 0.355 e. The van der Waals surface area contributed by atoms with Crippen LogP contribution in [-0.2, 0) is 0 Å². The molecule has 0 spiro atoms. The number of allylic oxidation sites excluding steroid dienone is 2. The van der Waals surface area contributed by atoms with Crippen molar-refractivity contribution in [2.75, 3.05) is 0 Å². The summed E-state index contributed by atoms with van der Waals surface area (Å²) in [6.07, 6.45) is 5.48. The minimum atomic E-state index is -0.193. The summed E-state index contributed by atoms with van der Waals surface area (Å²) in [7, 11) is 0. The molecule has 0 amide bonds. The molecule has 0 fully saturated rings. The lowest BCUT2D eigenvalue weighted by atomic mass is 9.85. The molecule has 0 N–H and O–H groups in total. The molecule has 0 aromatic carbocycles. The van der Waals surface area contributed by atoms with Crippen molar-refractivity contribution in [3.8, 4) is 0 Å². The molecule has 8 heavy (non-hydrogen) atoms. The Hall–Kier alpha value is 0.385. The fourth-order valence-electron chi connectivity index (χ4n) is 0.732. The van der Waals surface area contributed by atoms with Crippen LogP contribution >= 0.6 is 22.9 Å². The topological polar surface area (TPSA) is 0 Å². The smallest absolute Gasteiger partial charge is 0.171 e. The molecule has 0 aromatic heterocycles. The molecule has 1 rings (SSSR count). The normalized spacial score (nSPS) is 17.0. The molecule has 0 nitrogen and oxygen atoms in total.